The number of nitrogens with zero attached hydrogens (tertiary/aromatic N) is 6. The van der Waals surface area contributed by atoms with Crippen LogP contribution in [0.3, 0.4) is 0 Å². The van der Waals surface area contributed by atoms with Gasteiger partial charge >= 0.3 is 11.8 Å². The number of hydrogen-bond acceptors (Lipinski definition) is 8. The molecule has 5 heterocycles. The number of fused-ring (bicyclic) bond motifs is 4. The van der Waals surface area contributed by atoms with Crippen LogP contribution in [0.2, 0.25) is 0 Å². The molecule has 0 saturated carbocycles. The maximum atomic E-state index is 14.1. The Morgan fingerprint density at radius 1 is 0.902 bits per heavy atom. The zero-order valence-electron chi connectivity index (χ0n) is 29.7. The third kappa shape index (κ3) is 7.27. The van der Waals surface area contributed by atoms with E-state index in [1.165, 1.54) is 36.8 Å². The second kappa shape index (κ2) is 14.8. The first kappa shape index (κ1) is 33.9. The molecule has 3 aliphatic heterocycles. The van der Waals surface area contributed by atoms with Crippen LogP contribution in [-0.4, -0.2) is 118 Å². The molecule has 0 spiro atoms. The molecule has 2 aromatic carbocycles. The fraction of sp³-hybridized carbons (Fsp3) is 0.538. The second-order valence-electron chi connectivity index (χ2n) is 15.0. The van der Waals surface area contributed by atoms with E-state index < -0.39 is 12.1 Å². The summed E-state index contributed by atoms with van der Waals surface area (Å²) >= 11 is 0. The number of likely N-dealkylation sites (tertiary alicyclic amines) is 1. The van der Waals surface area contributed by atoms with Crippen molar-refractivity contribution < 1.29 is 14.4 Å². The fourth-order valence-corrected chi connectivity index (χ4v) is 8.80. The van der Waals surface area contributed by atoms with Crippen molar-refractivity contribution in [2.75, 3.05) is 59.4 Å². The van der Waals surface area contributed by atoms with Gasteiger partial charge in [0.1, 0.15) is 6.04 Å². The third-order valence-electron chi connectivity index (χ3n) is 11.7. The van der Waals surface area contributed by atoms with Crippen LogP contribution in [0.4, 0.5) is 4.79 Å². The van der Waals surface area contributed by atoms with Gasteiger partial charge in [-0.25, -0.2) is 9.59 Å². The second-order valence-corrected chi connectivity index (χ2v) is 15.0. The Kier molecular flexibility index (Phi) is 9.80. The Labute approximate surface area is 298 Å². The summed E-state index contributed by atoms with van der Waals surface area (Å²) in [5.74, 6) is -0.0498. The lowest BCUT2D eigenvalue weighted by Crippen LogP contribution is -2.58. The number of hydrogen-bond donors (Lipinski definition) is 2. The van der Waals surface area contributed by atoms with Gasteiger partial charge in [0.25, 0.3) is 0 Å². The molecule has 3 saturated heterocycles. The number of aromatic nitrogens is 3. The molecule has 51 heavy (non-hydrogen) atoms. The normalized spacial score (nSPS) is 20.8. The quantitative estimate of drug-likeness (QED) is 0.300. The number of amides is 2. The molecule has 2 amide bonds. The largest absolute Gasteiger partial charge is 0.426 e. The predicted molar refractivity (Wildman–Crippen MR) is 197 cm³/mol. The Bertz CT molecular complexity index is 1930. The molecule has 0 radical (unpaired) electrons. The monoisotopic (exact) mass is 694 g/mol. The van der Waals surface area contributed by atoms with E-state index in [0.29, 0.717) is 51.5 Å². The van der Waals surface area contributed by atoms with Crippen LogP contribution in [-0.2, 0) is 28.9 Å². The Morgan fingerprint density at radius 2 is 1.63 bits per heavy atom. The molecule has 12 heteroatoms. The number of rotatable bonds is 7. The van der Waals surface area contributed by atoms with Gasteiger partial charge in [-0.2, -0.15) is 0 Å². The van der Waals surface area contributed by atoms with Crippen LogP contribution in [0, 0.1) is 0 Å². The van der Waals surface area contributed by atoms with Crippen LogP contribution in [0.1, 0.15) is 61.3 Å². The first-order valence-electron chi connectivity index (χ1n) is 18.9. The lowest BCUT2D eigenvalue weighted by Gasteiger charge is -2.42. The van der Waals surface area contributed by atoms with Gasteiger partial charge in [0.2, 0.25) is 5.91 Å². The van der Waals surface area contributed by atoms with Crippen molar-refractivity contribution in [3.63, 3.8) is 0 Å². The van der Waals surface area contributed by atoms with Gasteiger partial charge in [0, 0.05) is 63.2 Å². The highest BCUT2D eigenvalue weighted by Crippen LogP contribution is 2.28. The number of aromatic amines is 1. The number of piperazine rings is 1. The molecule has 4 aliphatic rings. The zero-order chi connectivity index (χ0) is 34.9. The van der Waals surface area contributed by atoms with Gasteiger partial charge in [0.05, 0.1) is 22.7 Å². The number of H-pyrrole nitrogens is 1. The molecule has 1 atom stereocenters. The van der Waals surface area contributed by atoms with E-state index in [9.17, 15) is 14.4 Å². The van der Waals surface area contributed by atoms with Crippen LogP contribution >= 0.6 is 0 Å². The number of imidazole rings is 1. The van der Waals surface area contributed by atoms with Crippen molar-refractivity contribution in [1.82, 2.24) is 39.6 Å². The predicted octanol–water partition coefficient (Wildman–Crippen LogP) is 3.88. The van der Waals surface area contributed by atoms with Gasteiger partial charge in [-0.1, -0.05) is 36.4 Å². The molecular formula is C39H50N8O4. The average Bonchev–Trinajstić information content (AvgIpc) is 3.51. The minimum Gasteiger partial charge on any atom is -0.351 e. The lowest BCUT2D eigenvalue weighted by atomic mass is 9.89. The first-order valence-corrected chi connectivity index (χ1v) is 18.9. The summed E-state index contributed by atoms with van der Waals surface area (Å²) in [6, 6.07) is 14.1. The fourth-order valence-electron chi connectivity index (χ4n) is 8.80. The SMILES string of the molecule is CN1CCC(N2CCN(C(=O)[C@@H](Cc3ccc4c(c3)CCCC4)NC(=O)ON3CCC(n4c(=O)[nH]c5c6ccccc6ncc54)CC3)CC2)CC1. The van der Waals surface area contributed by atoms with E-state index in [0.717, 1.165) is 66.5 Å². The molecule has 2 N–H and O–H groups in total. The van der Waals surface area contributed by atoms with Crippen molar-refractivity contribution in [3.05, 3.63) is 75.8 Å². The van der Waals surface area contributed by atoms with Crippen molar-refractivity contribution in [2.45, 2.75) is 75.9 Å². The van der Waals surface area contributed by atoms with Gasteiger partial charge in [0.15, 0.2) is 0 Å². The zero-order valence-corrected chi connectivity index (χ0v) is 29.7. The number of hydroxylamine groups is 2. The summed E-state index contributed by atoms with van der Waals surface area (Å²) in [6.45, 7) is 6.22. The van der Waals surface area contributed by atoms with E-state index in [1.807, 2.05) is 29.2 Å². The average molecular weight is 695 g/mol. The highest BCUT2D eigenvalue weighted by Gasteiger charge is 2.33. The van der Waals surface area contributed by atoms with Crippen LogP contribution < -0.4 is 11.0 Å². The Balaban J connectivity index is 0.914. The van der Waals surface area contributed by atoms with Crippen molar-refractivity contribution >= 4 is 33.9 Å². The minimum atomic E-state index is -0.723. The number of carbonyl (C=O) groups excluding carboxylic acids is 2. The number of piperidine rings is 2. The maximum absolute atomic E-state index is 14.1. The van der Waals surface area contributed by atoms with E-state index >= 15 is 0 Å². The number of nitrogens with one attached hydrogen (secondary N) is 2. The summed E-state index contributed by atoms with van der Waals surface area (Å²) < 4.78 is 1.80. The highest BCUT2D eigenvalue weighted by molar-refractivity contribution is 6.01. The maximum Gasteiger partial charge on any atom is 0.426 e. The molecular weight excluding hydrogens is 644 g/mol. The van der Waals surface area contributed by atoms with Crippen LogP contribution in [0.5, 0.6) is 0 Å². The molecule has 0 unspecified atom stereocenters. The number of aryl methyl sites for hydroxylation is 2. The highest BCUT2D eigenvalue weighted by atomic mass is 16.7. The summed E-state index contributed by atoms with van der Waals surface area (Å²) in [5.41, 5.74) is 6.08. The lowest BCUT2D eigenvalue weighted by molar-refractivity contribution is -0.137. The van der Waals surface area contributed by atoms with Gasteiger partial charge < -0.3 is 24.9 Å². The number of pyridine rings is 1. The summed E-state index contributed by atoms with van der Waals surface area (Å²) in [6.07, 6.45) is 9.73. The molecule has 8 rings (SSSR count). The number of carbonyl (C=O) groups is 2. The minimum absolute atomic E-state index is 0.0498. The molecule has 12 nitrogen and oxygen atoms in total. The number of para-hydroxylation sites is 1. The molecule has 2 aromatic heterocycles. The van der Waals surface area contributed by atoms with Crippen molar-refractivity contribution in [1.29, 1.82) is 0 Å². The summed E-state index contributed by atoms with van der Waals surface area (Å²) in [4.78, 5) is 61.0. The summed E-state index contributed by atoms with van der Waals surface area (Å²) in [7, 11) is 2.18. The standard InChI is InChI=1S/C39H50N8O4/c1-43-16-12-30(13-17-43)44-20-22-45(23-21-44)37(48)34(25-27-10-11-28-6-2-3-7-29(28)24-27)41-39(50)51-46-18-14-31(15-19-46)47-35-26-40-33-9-5-4-8-32(33)36(35)42-38(47)49/h4-5,8-11,24,26,30-31,34H,2-3,6-7,12-23,25H2,1H3,(H,41,50)(H,42,49)/t34-/m1/s1. The molecule has 4 aromatic rings. The number of benzene rings is 2. The van der Waals surface area contributed by atoms with E-state index in [2.05, 4.69) is 50.3 Å². The van der Waals surface area contributed by atoms with Gasteiger partial charge in [-0.15, -0.1) is 5.06 Å². The molecule has 0 bridgehead atoms. The van der Waals surface area contributed by atoms with Gasteiger partial charge in [-0.05, 0) is 94.3 Å². The summed E-state index contributed by atoms with van der Waals surface area (Å²) in [5, 5.41) is 5.55. The Morgan fingerprint density at radius 3 is 2.41 bits per heavy atom. The van der Waals surface area contributed by atoms with E-state index in [1.54, 1.807) is 15.8 Å². The Hall–Kier alpha value is -4.26. The van der Waals surface area contributed by atoms with E-state index in [4.69, 9.17) is 4.84 Å². The molecule has 1 aliphatic carbocycles. The van der Waals surface area contributed by atoms with E-state index in [-0.39, 0.29) is 17.6 Å². The molecule has 270 valence electrons. The smallest absolute Gasteiger partial charge is 0.351 e. The van der Waals surface area contributed by atoms with Crippen LogP contribution in [0.25, 0.3) is 21.9 Å². The first-order chi connectivity index (χ1) is 24.9. The van der Waals surface area contributed by atoms with Crippen LogP contribution in [0.15, 0.2) is 53.5 Å². The third-order valence-corrected chi connectivity index (χ3v) is 11.7. The van der Waals surface area contributed by atoms with Crippen molar-refractivity contribution in [2.24, 2.45) is 0 Å². The van der Waals surface area contributed by atoms with Gasteiger partial charge in [-0.3, -0.25) is 19.2 Å². The molecule has 3 fully saturated rings. The van der Waals surface area contributed by atoms with Crippen molar-refractivity contribution in [3.8, 4) is 0 Å². The topological polar surface area (TPSA) is 119 Å².